The summed E-state index contributed by atoms with van der Waals surface area (Å²) in [5, 5.41) is 3.30. The van der Waals surface area contributed by atoms with Gasteiger partial charge in [0.1, 0.15) is 17.3 Å². The van der Waals surface area contributed by atoms with Gasteiger partial charge in [0.25, 0.3) is 0 Å². The first-order valence-electron chi connectivity index (χ1n) is 6.14. The summed E-state index contributed by atoms with van der Waals surface area (Å²) in [6.45, 7) is 8.01. The molecule has 5 nitrogen and oxygen atoms in total. The second kappa shape index (κ2) is 8.00. The number of anilines is 1. The van der Waals surface area contributed by atoms with Crippen LogP contribution in [0.2, 0.25) is 5.15 Å². The molecule has 1 rings (SSSR count). The fraction of sp³-hybridized carbons (Fsp3) is 0.583. The third kappa shape index (κ3) is 4.23. The number of nitrogens with one attached hydrogen (secondary N) is 1. The number of hydrogen-bond acceptors (Lipinski definition) is 5. The SMILES string of the molecule is CCCN(CC)CCNc1ncnc(Cl)c1C=O. The van der Waals surface area contributed by atoms with E-state index in [9.17, 15) is 4.79 Å². The molecule has 0 spiro atoms. The van der Waals surface area contributed by atoms with Crippen LogP contribution in [-0.4, -0.2) is 47.3 Å². The molecule has 0 unspecified atom stereocenters. The lowest BCUT2D eigenvalue weighted by molar-refractivity contribution is 0.112. The lowest BCUT2D eigenvalue weighted by atomic mass is 10.3. The van der Waals surface area contributed by atoms with E-state index in [1.54, 1.807) is 0 Å². The third-order valence-electron chi connectivity index (χ3n) is 2.66. The molecule has 0 aliphatic rings. The van der Waals surface area contributed by atoms with E-state index < -0.39 is 0 Å². The number of aldehydes is 1. The first-order valence-corrected chi connectivity index (χ1v) is 6.52. The molecule has 1 N–H and O–H groups in total. The van der Waals surface area contributed by atoms with Gasteiger partial charge in [-0.15, -0.1) is 0 Å². The van der Waals surface area contributed by atoms with Crippen LogP contribution in [0.5, 0.6) is 0 Å². The van der Waals surface area contributed by atoms with Crippen LogP contribution >= 0.6 is 11.6 Å². The van der Waals surface area contributed by atoms with Crippen LogP contribution < -0.4 is 5.32 Å². The van der Waals surface area contributed by atoms with Crippen molar-refractivity contribution in [3.8, 4) is 0 Å². The van der Waals surface area contributed by atoms with Crippen molar-refractivity contribution >= 4 is 23.7 Å². The molecule has 0 saturated heterocycles. The second-order valence-corrected chi connectivity index (χ2v) is 4.26. The number of carbonyl (C=O) groups excluding carboxylic acids is 1. The number of nitrogens with zero attached hydrogens (tertiary/aromatic N) is 3. The van der Waals surface area contributed by atoms with Crippen molar-refractivity contribution in [1.82, 2.24) is 14.9 Å². The molecule has 1 heterocycles. The maximum absolute atomic E-state index is 10.9. The fourth-order valence-corrected chi connectivity index (χ4v) is 1.87. The molecule has 0 atom stereocenters. The average Bonchev–Trinajstić information content (AvgIpc) is 2.38. The van der Waals surface area contributed by atoms with Crippen LogP contribution in [-0.2, 0) is 0 Å². The number of rotatable bonds is 8. The van der Waals surface area contributed by atoms with Crippen molar-refractivity contribution in [2.24, 2.45) is 0 Å². The molecule has 0 aliphatic heterocycles. The first-order chi connectivity index (χ1) is 8.72. The molecule has 100 valence electrons. The Morgan fingerprint density at radius 3 is 2.78 bits per heavy atom. The van der Waals surface area contributed by atoms with Crippen LogP contribution in [0.15, 0.2) is 6.33 Å². The molecule has 1 aromatic rings. The highest BCUT2D eigenvalue weighted by Crippen LogP contribution is 2.16. The molecule has 0 aromatic carbocycles. The quantitative estimate of drug-likeness (QED) is 0.579. The van der Waals surface area contributed by atoms with Gasteiger partial charge in [0.05, 0.1) is 5.56 Å². The van der Waals surface area contributed by atoms with Gasteiger partial charge in [-0.05, 0) is 19.5 Å². The lowest BCUT2D eigenvalue weighted by Gasteiger charge is -2.19. The Morgan fingerprint density at radius 1 is 1.39 bits per heavy atom. The van der Waals surface area contributed by atoms with Crippen LogP contribution in [0.25, 0.3) is 0 Å². The zero-order valence-electron chi connectivity index (χ0n) is 10.8. The van der Waals surface area contributed by atoms with E-state index >= 15 is 0 Å². The topological polar surface area (TPSA) is 58.1 Å². The molecule has 0 amide bonds. The molecule has 1 aromatic heterocycles. The number of likely N-dealkylation sites (N-methyl/N-ethyl adjacent to an activating group) is 1. The molecule has 6 heteroatoms. The summed E-state index contributed by atoms with van der Waals surface area (Å²) in [4.78, 5) is 21.0. The summed E-state index contributed by atoms with van der Waals surface area (Å²) >= 11 is 5.82. The second-order valence-electron chi connectivity index (χ2n) is 3.91. The highest BCUT2D eigenvalue weighted by atomic mass is 35.5. The number of hydrogen-bond donors (Lipinski definition) is 1. The Bertz CT molecular complexity index is 386. The van der Waals surface area contributed by atoms with Gasteiger partial charge in [-0.25, -0.2) is 9.97 Å². The van der Waals surface area contributed by atoms with E-state index in [1.807, 2.05) is 0 Å². The normalized spacial score (nSPS) is 10.7. The molecule has 18 heavy (non-hydrogen) atoms. The largest absolute Gasteiger partial charge is 0.368 e. The average molecular weight is 271 g/mol. The molecule has 0 bridgehead atoms. The monoisotopic (exact) mass is 270 g/mol. The van der Waals surface area contributed by atoms with Gasteiger partial charge in [0, 0.05) is 13.1 Å². The Kier molecular flexibility index (Phi) is 6.60. The molecular formula is C12H19ClN4O. The van der Waals surface area contributed by atoms with E-state index in [1.165, 1.54) is 6.33 Å². The van der Waals surface area contributed by atoms with Crippen molar-refractivity contribution in [3.05, 3.63) is 17.0 Å². The minimum absolute atomic E-state index is 0.184. The van der Waals surface area contributed by atoms with Gasteiger partial charge in [0.2, 0.25) is 0 Å². The van der Waals surface area contributed by atoms with Gasteiger partial charge in [-0.3, -0.25) is 4.79 Å². The highest BCUT2D eigenvalue weighted by Gasteiger charge is 2.08. The van der Waals surface area contributed by atoms with Gasteiger partial charge < -0.3 is 10.2 Å². The van der Waals surface area contributed by atoms with Crippen molar-refractivity contribution < 1.29 is 4.79 Å². The van der Waals surface area contributed by atoms with Crippen molar-refractivity contribution in [1.29, 1.82) is 0 Å². The summed E-state index contributed by atoms with van der Waals surface area (Å²) in [6, 6.07) is 0. The molecule has 0 aliphatic carbocycles. The van der Waals surface area contributed by atoms with Gasteiger partial charge in [-0.2, -0.15) is 0 Å². The summed E-state index contributed by atoms with van der Waals surface area (Å²) in [5.41, 5.74) is 0.317. The Hall–Kier alpha value is -1.20. The lowest BCUT2D eigenvalue weighted by Crippen LogP contribution is -2.30. The number of carbonyl (C=O) groups is 1. The highest BCUT2D eigenvalue weighted by molar-refractivity contribution is 6.32. The Labute approximate surface area is 113 Å². The van der Waals surface area contributed by atoms with Crippen molar-refractivity contribution in [2.45, 2.75) is 20.3 Å². The standard InChI is InChI=1S/C12H19ClN4O/c1-3-6-17(4-2)7-5-14-12-10(8-18)11(13)15-9-16-12/h8-9H,3-7H2,1-2H3,(H,14,15,16). The van der Waals surface area contributed by atoms with E-state index in [2.05, 4.69) is 34.0 Å². The molecular weight excluding hydrogens is 252 g/mol. The van der Waals surface area contributed by atoms with E-state index in [0.717, 1.165) is 32.6 Å². The first kappa shape index (κ1) is 14.9. The fourth-order valence-electron chi connectivity index (χ4n) is 1.70. The Morgan fingerprint density at radius 2 is 2.17 bits per heavy atom. The van der Waals surface area contributed by atoms with Crippen LogP contribution in [0, 0.1) is 0 Å². The van der Waals surface area contributed by atoms with Crippen LogP contribution in [0.1, 0.15) is 30.6 Å². The van der Waals surface area contributed by atoms with Gasteiger partial charge in [0.15, 0.2) is 6.29 Å². The van der Waals surface area contributed by atoms with Crippen LogP contribution in [0.4, 0.5) is 5.82 Å². The van der Waals surface area contributed by atoms with E-state index in [-0.39, 0.29) is 5.15 Å². The maximum Gasteiger partial charge on any atom is 0.156 e. The summed E-state index contributed by atoms with van der Waals surface area (Å²) in [7, 11) is 0. The number of aromatic nitrogens is 2. The van der Waals surface area contributed by atoms with Gasteiger partial charge in [-0.1, -0.05) is 25.4 Å². The van der Waals surface area contributed by atoms with Crippen molar-refractivity contribution in [3.63, 3.8) is 0 Å². The predicted octanol–water partition coefficient (Wildman–Crippen LogP) is 2.09. The third-order valence-corrected chi connectivity index (χ3v) is 2.96. The predicted molar refractivity (Wildman–Crippen MR) is 73.3 cm³/mol. The van der Waals surface area contributed by atoms with E-state index in [0.29, 0.717) is 17.7 Å². The minimum atomic E-state index is 0.184. The summed E-state index contributed by atoms with van der Waals surface area (Å²) in [6.07, 6.45) is 3.16. The summed E-state index contributed by atoms with van der Waals surface area (Å²) in [5.74, 6) is 0.498. The van der Waals surface area contributed by atoms with E-state index in [4.69, 9.17) is 11.6 Å². The number of halogens is 1. The molecule has 0 saturated carbocycles. The smallest absolute Gasteiger partial charge is 0.156 e. The van der Waals surface area contributed by atoms with Gasteiger partial charge >= 0.3 is 0 Å². The molecule has 0 fully saturated rings. The Balaban J connectivity index is 2.53. The molecule has 0 radical (unpaired) electrons. The zero-order chi connectivity index (χ0) is 13.4. The zero-order valence-corrected chi connectivity index (χ0v) is 11.6. The summed E-state index contributed by atoms with van der Waals surface area (Å²) < 4.78 is 0. The maximum atomic E-state index is 10.9. The van der Waals surface area contributed by atoms with Crippen LogP contribution in [0.3, 0.4) is 0 Å². The van der Waals surface area contributed by atoms with Crippen molar-refractivity contribution in [2.75, 3.05) is 31.5 Å². The minimum Gasteiger partial charge on any atom is -0.368 e.